The molecule has 0 radical (unpaired) electrons. The molecule has 1 aromatic heterocycles. The lowest BCUT2D eigenvalue weighted by atomic mass is 10.0. The topological polar surface area (TPSA) is 34.1 Å². The number of ketones is 1. The van der Waals surface area contributed by atoms with Gasteiger partial charge < -0.3 is 0 Å². The first-order chi connectivity index (χ1) is 8.58. The van der Waals surface area contributed by atoms with Gasteiger partial charge in [0.1, 0.15) is 0 Å². The molecule has 1 atom stereocenters. The molecule has 1 heterocycles. The van der Waals surface area contributed by atoms with Crippen LogP contribution in [0.3, 0.4) is 0 Å². The highest BCUT2D eigenvalue weighted by Gasteiger charge is 2.23. The van der Waals surface area contributed by atoms with Gasteiger partial charge in [-0.15, -0.1) is 11.3 Å². The highest BCUT2D eigenvalue weighted by Crippen LogP contribution is 2.32. The van der Waals surface area contributed by atoms with E-state index in [2.05, 4.69) is 31.9 Å². The average Bonchev–Trinajstić information content (AvgIpc) is 2.69. The zero-order valence-electron chi connectivity index (χ0n) is 9.79. The SMILES string of the molecule is O=C(CS(=O)C1CCCCC1)c1cc(Br)sc1Br. The Kier molecular flexibility index (Phi) is 5.60. The molecule has 1 saturated carbocycles. The second-order valence-electron chi connectivity index (χ2n) is 4.45. The summed E-state index contributed by atoms with van der Waals surface area (Å²) in [6, 6.07) is 1.80. The maximum Gasteiger partial charge on any atom is 0.177 e. The predicted octanol–water partition coefficient (Wildman–Crippen LogP) is 4.54. The van der Waals surface area contributed by atoms with E-state index in [-0.39, 0.29) is 16.8 Å². The zero-order valence-corrected chi connectivity index (χ0v) is 14.6. The first-order valence-corrected chi connectivity index (χ1v) is 9.71. The first kappa shape index (κ1) is 14.9. The fourth-order valence-corrected chi connectivity index (χ4v) is 6.55. The number of Topliss-reactive ketones (excluding diaryl/α,β-unsaturated/α-hetero) is 1. The molecule has 0 bridgehead atoms. The summed E-state index contributed by atoms with van der Waals surface area (Å²) in [5.74, 6) is 0.139. The van der Waals surface area contributed by atoms with Crippen molar-refractivity contribution in [3.63, 3.8) is 0 Å². The van der Waals surface area contributed by atoms with Crippen molar-refractivity contribution in [3.05, 3.63) is 19.2 Å². The number of carbonyl (C=O) groups excluding carboxylic acids is 1. The van der Waals surface area contributed by atoms with E-state index in [1.165, 1.54) is 17.8 Å². The van der Waals surface area contributed by atoms with Gasteiger partial charge in [-0.25, -0.2) is 0 Å². The summed E-state index contributed by atoms with van der Waals surface area (Å²) in [6.07, 6.45) is 5.56. The van der Waals surface area contributed by atoms with Gasteiger partial charge in [-0.05, 0) is 50.8 Å². The summed E-state index contributed by atoms with van der Waals surface area (Å²) in [5, 5.41) is 0.226. The Balaban J connectivity index is 1.98. The summed E-state index contributed by atoms with van der Waals surface area (Å²) in [5.41, 5.74) is 0.649. The van der Waals surface area contributed by atoms with Crippen LogP contribution < -0.4 is 0 Å². The van der Waals surface area contributed by atoms with Gasteiger partial charge in [0.25, 0.3) is 0 Å². The Hall–Kier alpha value is 0.480. The van der Waals surface area contributed by atoms with Crippen molar-refractivity contribution in [3.8, 4) is 0 Å². The second kappa shape index (κ2) is 6.77. The number of carbonyl (C=O) groups is 1. The molecule has 1 unspecified atom stereocenters. The zero-order chi connectivity index (χ0) is 13.1. The van der Waals surface area contributed by atoms with Crippen LogP contribution in [0.2, 0.25) is 0 Å². The standard InChI is InChI=1S/C12H14Br2O2S2/c13-11-6-9(12(14)17-11)10(15)7-18(16)8-4-2-1-3-5-8/h6,8H,1-5,7H2. The molecule has 1 aliphatic carbocycles. The van der Waals surface area contributed by atoms with E-state index >= 15 is 0 Å². The molecule has 0 aromatic carbocycles. The van der Waals surface area contributed by atoms with E-state index in [4.69, 9.17) is 0 Å². The molecule has 2 rings (SSSR count). The third-order valence-corrected chi connectivity index (χ3v) is 7.26. The van der Waals surface area contributed by atoms with Crippen LogP contribution in [-0.4, -0.2) is 21.0 Å². The van der Waals surface area contributed by atoms with Gasteiger partial charge in [0.15, 0.2) is 5.78 Å². The lowest BCUT2D eigenvalue weighted by molar-refractivity contribution is 0.102. The van der Waals surface area contributed by atoms with Gasteiger partial charge in [-0.2, -0.15) is 0 Å². The minimum Gasteiger partial charge on any atom is -0.293 e. The predicted molar refractivity (Wildman–Crippen MR) is 83.9 cm³/mol. The molecule has 1 aromatic rings. The van der Waals surface area contributed by atoms with Crippen LogP contribution in [0.5, 0.6) is 0 Å². The minimum atomic E-state index is -1.02. The number of hydrogen-bond donors (Lipinski definition) is 0. The number of halogens is 2. The van der Waals surface area contributed by atoms with Crippen molar-refractivity contribution in [2.45, 2.75) is 37.4 Å². The van der Waals surface area contributed by atoms with Gasteiger partial charge in [-0.1, -0.05) is 19.3 Å². The van der Waals surface area contributed by atoms with Crippen LogP contribution in [0.1, 0.15) is 42.5 Å². The smallest absolute Gasteiger partial charge is 0.177 e. The minimum absolute atomic E-state index is 0.0206. The Morgan fingerprint density at radius 2 is 2.00 bits per heavy atom. The van der Waals surface area contributed by atoms with Crippen LogP contribution in [-0.2, 0) is 10.8 Å². The Morgan fingerprint density at radius 3 is 2.56 bits per heavy atom. The van der Waals surface area contributed by atoms with Gasteiger partial charge in [-0.3, -0.25) is 9.00 Å². The van der Waals surface area contributed by atoms with Crippen molar-refractivity contribution in [1.82, 2.24) is 0 Å². The van der Waals surface area contributed by atoms with Gasteiger partial charge in [0.05, 0.1) is 13.3 Å². The van der Waals surface area contributed by atoms with E-state index in [1.807, 2.05) is 0 Å². The lowest BCUT2D eigenvalue weighted by Gasteiger charge is -2.20. The fraction of sp³-hybridized carbons (Fsp3) is 0.583. The summed E-state index contributed by atoms with van der Waals surface area (Å²) in [4.78, 5) is 12.1. The quantitative estimate of drug-likeness (QED) is 0.679. The maximum absolute atomic E-state index is 12.2. The number of rotatable bonds is 4. The molecule has 0 amide bonds. The number of thiophene rings is 1. The van der Waals surface area contributed by atoms with Crippen LogP contribution >= 0.6 is 43.2 Å². The van der Waals surface area contributed by atoms with Crippen LogP contribution in [0.15, 0.2) is 13.6 Å². The lowest BCUT2D eigenvalue weighted by Crippen LogP contribution is -2.24. The third-order valence-electron chi connectivity index (χ3n) is 3.15. The molecule has 0 aliphatic heterocycles. The maximum atomic E-state index is 12.2. The molecule has 1 aliphatic rings. The second-order valence-corrected chi connectivity index (χ2v) is 9.91. The van der Waals surface area contributed by atoms with E-state index in [9.17, 15) is 9.00 Å². The highest BCUT2D eigenvalue weighted by molar-refractivity contribution is 9.12. The van der Waals surface area contributed by atoms with Crippen molar-refractivity contribution in [1.29, 1.82) is 0 Å². The molecule has 100 valence electrons. The van der Waals surface area contributed by atoms with Gasteiger partial charge in [0.2, 0.25) is 0 Å². The van der Waals surface area contributed by atoms with E-state index in [0.29, 0.717) is 5.56 Å². The molecular weight excluding hydrogens is 400 g/mol. The fourth-order valence-electron chi connectivity index (χ4n) is 2.18. The molecular formula is C12H14Br2O2S2. The van der Waals surface area contributed by atoms with Crippen LogP contribution in [0, 0.1) is 0 Å². The van der Waals surface area contributed by atoms with Gasteiger partial charge in [0, 0.05) is 21.6 Å². The Labute approximate surface area is 130 Å². The largest absolute Gasteiger partial charge is 0.293 e. The summed E-state index contributed by atoms with van der Waals surface area (Å²) < 4.78 is 13.9. The highest BCUT2D eigenvalue weighted by atomic mass is 79.9. The van der Waals surface area contributed by atoms with E-state index < -0.39 is 10.8 Å². The Morgan fingerprint density at radius 1 is 1.33 bits per heavy atom. The van der Waals surface area contributed by atoms with Crippen molar-refractivity contribution in [2.75, 3.05) is 5.75 Å². The molecule has 6 heteroatoms. The van der Waals surface area contributed by atoms with Crippen LogP contribution in [0.4, 0.5) is 0 Å². The van der Waals surface area contributed by atoms with Crippen molar-refractivity contribution in [2.24, 2.45) is 0 Å². The van der Waals surface area contributed by atoms with E-state index in [0.717, 1.165) is 33.3 Å². The third kappa shape index (κ3) is 3.74. The summed E-state index contributed by atoms with van der Waals surface area (Å²) in [7, 11) is -1.02. The summed E-state index contributed by atoms with van der Waals surface area (Å²) >= 11 is 8.20. The molecule has 1 fully saturated rings. The normalized spacial score (nSPS) is 18.8. The summed E-state index contributed by atoms with van der Waals surface area (Å²) in [6.45, 7) is 0. The van der Waals surface area contributed by atoms with E-state index in [1.54, 1.807) is 6.07 Å². The number of hydrogen-bond acceptors (Lipinski definition) is 3. The molecule has 2 nitrogen and oxygen atoms in total. The van der Waals surface area contributed by atoms with Gasteiger partial charge >= 0.3 is 0 Å². The first-order valence-electron chi connectivity index (χ1n) is 5.93. The molecule has 0 saturated heterocycles. The van der Waals surface area contributed by atoms with Crippen LogP contribution in [0.25, 0.3) is 0 Å². The molecule has 0 spiro atoms. The molecule has 0 N–H and O–H groups in total. The molecule has 18 heavy (non-hydrogen) atoms. The van der Waals surface area contributed by atoms with Crippen molar-refractivity contribution >= 4 is 59.8 Å². The average molecular weight is 414 g/mol. The monoisotopic (exact) mass is 412 g/mol. The Bertz CT molecular complexity index is 465. The van der Waals surface area contributed by atoms with Crippen molar-refractivity contribution < 1.29 is 9.00 Å².